The number of nitrogens with two attached hydrogens (primary N) is 5. The SMILES string of the molecule is NC[C@@H]1O[C@H](O[C@H]2[C@@H](O)[C@H](O[C@@H]3[C@@H](O)[C@H](N)C[C@H](N)[C@H]3O[C@H]3O[C@@H]4CO[C@@H](c5ccc(F)cc5)O[C@H]4[C@H](O)[C@H]3N)O[C@@H]2CO)[C@H](N)[C@@H](O)[C@@H]1O. The number of ether oxygens (including phenoxy) is 8. The number of aliphatic hydroxyl groups is 6. The average molecular weight is 722 g/mol. The van der Waals surface area contributed by atoms with Crippen LogP contribution in [0.15, 0.2) is 24.3 Å². The molecule has 1 aromatic carbocycles. The molecule has 16 N–H and O–H groups in total. The summed E-state index contributed by atoms with van der Waals surface area (Å²) in [5, 5.41) is 64.2. The van der Waals surface area contributed by atoms with Gasteiger partial charge in [-0.2, -0.15) is 0 Å². The lowest BCUT2D eigenvalue weighted by Gasteiger charge is -2.49. The van der Waals surface area contributed by atoms with E-state index in [1.165, 1.54) is 24.3 Å². The third-order valence-electron chi connectivity index (χ3n) is 9.95. The molecule has 6 rings (SSSR count). The van der Waals surface area contributed by atoms with Gasteiger partial charge in [-0.1, -0.05) is 12.1 Å². The summed E-state index contributed by atoms with van der Waals surface area (Å²) in [6.45, 7) is -0.865. The number of fused-ring (bicyclic) bond motifs is 1. The molecule has 1 saturated carbocycles. The lowest BCUT2D eigenvalue weighted by atomic mass is 9.84. The Balaban J connectivity index is 1.13. The average Bonchev–Trinajstić information content (AvgIpc) is 3.40. The van der Waals surface area contributed by atoms with Crippen LogP contribution in [0.2, 0.25) is 0 Å². The van der Waals surface area contributed by atoms with Crippen LogP contribution in [0, 0.1) is 5.82 Å². The van der Waals surface area contributed by atoms with Crippen LogP contribution in [0.1, 0.15) is 18.3 Å². The molecule has 0 spiro atoms. The van der Waals surface area contributed by atoms with Crippen molar-refractivity contribution in [3.05, 3.63) is 35.6 Å². The Bertz CT molecular complexity index is 1260. The molecule has 5 aliphatic rings. The van der Waals surface area contributed by atoms with Crippen molar-refractivity contribution >= 4 is 0 Å². The second-order valence-corrected chi connectivity index (χ2v) is 13.3. The third-order valence-corrected chi connectivity index (χ3v) is 9.95. The minimum Gasteiger partial charge on any atom is -0.394 e. The Labute approximate surface area is 286 Å². The molecule has 4 aliphatic heterocycles. The number of halogens is 1. The molecule has 0 amide bonds. The highest BCUT2D eigenvalue weighted by Gasteiger charge is 2.55. The van der Waals surface area contributed by atoms with Gasteiger partial charge in [0.15, 0.2) is 25.2 Å². The van der Waals surface area contributed by atoms with Crippen molar-refractivity contribution in [3.8, 4) is 0 Å². The highest BCUT2D eigenvalue weighted by molar-refractivity contribution is 5.18. The fraction of sp³-hybridized carbons (Fsp3) is 0.800. The molecular weight excluding hydrogens is 673 g/mol. The maximum absolute atomic E-state index is 13.4. The topological polar surface area (TPSA) is 325 Å². The molecule has 19 nitrogen and oxygen atoms in total. The molecule has 5 fully saturated rings. The van der Waals surface area contributed by atoms with Crippen LogP contribution in [0.4, 0.5) is 4.39 Å². The summed E-state index contributed by atoms with van der Waals surface area (Å²) in [4.78, 5) is 0. The number of benzene rings is 1. The maximum atomic E-state index is 13.4. The second-order valence-electron chi connectivity index (χ2n) is 13.3. The standard InChI is InChI=1S/C30H48FN5O14/c31-10-3-1-9(2-4-10)27-43-8-15-25(48-27)21(41)17(36)29(46-15)47-23-12(34)5-11(33)18(38)26(23)50-30-22(42)24(14(7-37)45-30)49-28-16(35)20(40)19(39)13(6-32)44-28/h1-4,11-30,37-42H,5-8,32-36H2/t11-,12+,13+,14-,15-,16-,17-,18+,19-,20-,21-,22-,23-,24-,25-,26-,27-,28-,29-,30+/m1/s1. The molecule has 0 radical (unpaired) electrons. The Kier molecular flexibility index (Phi) is 12.0. The summed E-state index contributed by atoms with van der Waals surface area (Å²) in [5.41, 5.74) is 31.2. The summed E-state index contributed by atoms with van der Waals surface area (Å²) in [5.74, 6) is -0.433. The van der Waals surface area contributed by atoms with E-state index in [-0.39, 0.29) is 19.6 Å². The minimum atomic E-state index is -1.62. The molecule has 4 saturated heterocycles. The van der Waals surface area contributed by atoms with Crippen molar-refractivity contribution in [2.45, 2.75) is 129 Å². The van der Waals surface area contributed by atoms with Crippen molar-refractivity contribution in [1.29, 1.82) is 0 Å². The molecular formula is C30H48FN5O14. The van der Waals surface area contributed by atoms with Gasteiger partial charge < -0.3 is 97.2 Å². The van der Waals surface area contributed by atoms with Crippen molar-refractivity contribution < 1.29 is 72.9 Å². The van der Waals surface area contributed by atoms with Gasteiger partial charge in [-0.05, 0) is 18.6 Å². The molecule has 1 aromatic rings. The van der Waals surface area contributed by atoms with Gasteiger partial charge in [0.05, 0.1) is 31.4 Å². The van der Waals surface area contributed by atoms with E-state index >= 15 is 0 Å². The molecule has 1 aliphatic carbocycles. The zero-order valence-corrected chi connectivity index (χ0v) is 26.9. The minimum absolute atomic E-state index is 0.0388. The van der Waals surface area contributed by atoms with E-state index in [2.05, 4.69) is 0 Å². The Morgan fingerprint density at radius 1 is 0.680 bits per heavy atom. The van der Waals surface area contributed by atoms with Crippen molar-refractivity contribution in [1.82, 2.24) is 0 Å². The molecule has 20 heteroatoms. The molecule has 50 heavy (non-hydrogen) atoms. The molecule has 0 unspecified atom stereocenters. The van der Waals surface area contributed by atoms with Gasteiger partial charge in [0.1, 0.15) is 73.0 Å². The maximum Gasteiger partial charge on any atom is 0.187 e. The van der Waals surface area contributed by atoms with E-state index in [4.69, 9.17) is 66.6 Å². The lowest BCUT2D eigenvalue weighted by molar-refractivity contribution is -0.356. The monoisotopic (exact) mass is 721 g/mol. The van der Waals surface area contributed by atoms with Crippen LogP contribution < -0.4 is 28.7 Å². The first-order valence-corrected chi connectivity index (χ1v) is 16.5. The number of hydrogen-bond acceptors (Lipinski definition) is 19. The Hall–Kier alpha value is -1.61. The quantitative estimate of drug-likeness (QED) is 0.113. The van der Waals surface area contributed by atoms with Crippen LogP contribution in [-0.4, -0.2) is 167 Å². The predicted octanol–water partition coefficient (Wildman–Crippen LogP) is -5.96. The second kappa shape index (κ2) is 15.8. The van der Waals surface area contributed by atoms with E-state index in [0.29, 0.717) is 5.56 Å². The Morgan fingerprint density at radius 3 is 1.98 bits per heavy atom. The molecule has 0 aromatic heterocycles. The van der Waals surface area contributed by atoms with Gasteiger partial charge in [-0.3, -0.25) is 0 Å². The van der Waals surface area contributed by atoms with Crippen LogP contribution in [0.25, 0.3) is 0 Å². The van der Waals surface area contributed by atoms with E-state index in [0.717, 1.165) is 0 Å². The molecule has 0 bridgehead atoms. The van der Waals surface area contributed by atoms with E-state index in [1.54, 1.807) is 0 Å². The van der Waals surface area contributed by atoms with Gasteiger partial charge >= 0.3 is 0 Å². The van der Waals surface area contributed by atoms with Crippen molar-refractivity contribution in [3.63, 3.8) is 0 Å². The first-order chi connectivity index (χ1) is 23.8. The zero-order valence-electron chi connectivity index (χ0n) is 26.9. The van der Waals surface area contributed by atoms with Gasteiger partial charge in [0, 0.05) is 24.2 Å². The number of aliphatic hydroxyl groups excluding tert-OH is 6. The Morgan fingerprint density at radius 2 is 1.30 bits per heavy atom. The van der Waals surface area contributed by atoms with Gasteiger partial charge in [0.2, 0.25) is 0 Å². The third kappa shape index (κ3) is 7.43. The van der Waals surface area contributed by atoms with E-state index in [1.807, 2.05) is 0 Å². The lowest BCUT2D eigenvalue weighted by Crippen LogP contribution is -2.69. The van der Waals surface area contributed by atoms with Gasteiger partial charge in [0.25, 0.3) is 0 Å². The highest BCUT2D eigenvalue weighted by atomic mass is 19.1. The van der Waals surface area contributed by atoms with Crippen LogP contribution in [-0.2, 0) is 37.9 Å². The predicted molar refractivity (Wildman–Crippen MR) is 163 cm³/mol. The number of hydrogen-bond donors (Lipinski definition) is 11. The summed E-state index contributed by atoms with van der Waals surface area (Å²) in [6.07, 6.45) is -20.1. The van der Waals surface area contributed by atoms with Crippen LogP contribution in [0.3, 0.4) is 0 Å². The van der Waals surface area contributed by atoms with Crippen LogP contribution >= 0.6 is 0 Å². The summed E-state index contributed by atoms with van der Waals surface area (Å²) >= 11 is 0. The molecule has 20 atom stereocenters. The van der Waals surface area contributed by atoms with Crippen molar-refractivity contribution in [2.24, 2.45) is 28.7 Å². The smallest absolute Gasteiger partial charge is 0.187 e. The zero-order chi connectivity index (χ0) is 36.0. The summed E-state index contributed by atoms with van der Waals surface area (Å²) in [6, 6.07) is 1.32. The fourth-order valence-electron chi connectivity index (χ4n) is 7.00. The first-order valence-electron chi connectivity index (χ1n) is 16.5. The summed E-state index contributed by atoms with van der Waals surface area (Å²) < 4.78 is 60.7. The summed E-state index contributed by atoms with van der Waals surface area (Å²) in [7, 11) is 0. The first kappa shape index (κ1) is 38.1. The van der Waals surface area contributed by atoms with E-state index in [9.17, 15) is 35.0 Å². The van der Waals surface area contributed by atoms with Crippen LogP contribution in [0.5, 0.6) is 0 Å². The van der Waals surface area contributed by atoms with E-state index < -0.39 is 135 Å². The largest absolute Gasteiger partial charge is 0.394 e. The molecule has 4 heterocycles. The van der Waals surface area contributed by atoms with Crippen molar-refractivity contribution in [2.75, 3.05) is 19.8 Å². The van der Waals surface area contributed by atoms with Gasteiger partial charge in [-0.25, -0.2) is 4.39 Å². The fourth-order valence-corrected chi connectivity index (χ4v) is 7.00. The number of rotatable bonds is 9. The highest BCUT2D eigenvalue weighted by Crippen LogP contribution is 2.37. The van der Waals surface area contributed by atoms with Gasteiger partial charge in [-0.15, -0.1) is 0 Å². The molecule has 284 valence electrons. The normalized spacial score (nSPS) is 49.8.